The van der Waals surface area contributed by atoms with Gasteiger partial charge in [0, 0.05) is 10.7 Å². The largest absolute Gasteiger partial charge is 0.234 e. The first kappa shape index (κ1) is 13.9. The molecule has 1 unspecified atom stereocenters. The standard InChI is InChI=1S/C11H13BrClNOS/c1-11(2,3)16(15)14-7-8-4-5-10(13)9(12)6-8/h4-7H,1-3H3/b14-7+. The van der Waals surface area contributed by atoms with Crippen molar-refractivity contribution in [3.63, 3.8) is 0 Å². The van der Waals surface area contributed by atoms with E-state index in [1.165, 1.54) is 0 Å². The minimum Gasteiger partial charge on any atom is -0.234 e. The van der Waals surface area contributed by atoms with Crippen LogP contribution in [0.5, 0.6) is 0 Å². The quantitative estimate of drug-likeness (QED) is 0.757. The van der Waals surface area contributed by atoms with Crippen LogP contribution in [0.15, 0.2) is 27.1 Å². The summed E-state index contributed by atoms with van der Waals surface area (Å²) in [5.41, 5.74) is 0.869. The van der Waals surface area contributed by atoms with Crippen LogP contribution in [0.2, 0.25) is 5.02 Å². The lowest BCUT2D eigenvalue weighted by Crippen LogP contribution is -2.19. The first-order chi connectivity index (χ1) is 7.30. The number of hydrogen-bond acceptors (Lipinski definition) is 1. The molecule has 0 aliphatic heterocycles. The molecular weight excluding hydrogens is 310 g/mol. The molecule has 2 nitrogen and oxygen atoms in total. The smallest absolute Gasteiger partial charge is 0.144 e. The highest BCUT2D eigenvalue weighted by Crippen LogP contribution is 2.22. The molecule has 0 aliphatic carbocycles. The van der Waals surface area contributed by atoms with Crippen molar-refractivity contribution in [2.75, 3.05) is 0 Å². The highest BCUT2D eigenvalue weighted by molar-refractivity contribution is 9.10. The molecule has 0 N–H and O–H groups in total. The second-order valence-corrected chi connectivity index (χ2v) is 7.46. The van der Waals surface area contributed by atoms with Crippen LogP contribution in [0.25, 0.3) is 0 Å². The van der Waals surface area contributed by atoms with Crippen LogP contribution in [-0.2, 0) is 11.0 Å². The van der Waals surface area contributed by atoms with Gasteiger partial charge >= 0.3 is 0 Å². The normalized spacial score (nSPS) is 14.3. The second kappa shape index (κ2) is 5.43. The van der Waals surface area contributed by atoms with Crippen molar-refractivity contribution >= 4 is 44.7 Å². The fraction of sp³-hybridized carbons (Fsp3) is 0.364. The van der Waals surface area contributed by atoms with Crippen molar-refractivity contribution in [1.29, 1.82) is 0 Å². The third kappa shape index (κ3) is 4.00. The number of nitrogens with zero attached hydrogens (tertiary/aromatic N) is 1. The van der Waals surface area contributed by atoms with Gasteiger partial charge in [-0.15, -0.1) is 0 Å². The zero-order valence-electron chi connectivity index (χ0n) is 9.33. The van der Waals surface area contributed by atoms with Gasteiger partial charge in [0.25, 0.3) is 0 Å². The Bertz CT molecular complexity index is 440. The van der Waals surface area contributed by atoms with E-state index in [2.05, 4.69) is 20.3 Å². The van der Waals surface area contributed by atoms with Crippen molar-refractivity contribution < 1.29 is 4.21 Å². The Hall–Kier alpha value is -0.190. The number of rotatable bonds is 2. The molecule has 88 valence electrons. The fourth-order valence-electron chi connectivity index (χ4n) is 0.860. The molecule has 0 heterocycles. The Morgan fingerprint density at radius 2 is 2.06 bits per heavy atom. The van der Waals surface area contributed by atoms with Gasteiger partial charge in [-0.25, -0.2) is 4.21 Å². The van der Waals surface area contributed by atoms with Gasteiger partial charge in [0.1, 0.15) is 11.0 Å². The van der Waals surface area contributed by atoms with Gasteiger partial charge in [0.15, 0.2) is 0 Å². The summed E-state index contributed by atoms with van der Waals surface area (Å²) in [4.78, 5) is 0. The maximum absolute atomic E-state index is 11.7. The molecule has 0 saturated carbocycles. The molecule has 1 aromatic carbocycles. The summed E-state index contributed by atoms with van der Waals surface area (Å²) in [5.74, 6) is 0. The van der Waals surface area contributed by atoms with E-state index in [4.69, 9.17) is 11.6 Å². The van der Waals surface area contributed by atoms with E-state index in [9.17, 15) is 4.21 Å². The third-order valence-electron chi connectivity index (χ3n) is 1.77. The first-order valence-corrected chi connectivity index (χ1v) is 6.99. The van der Waals surface area contributed by atoms with E-state index in [0.29, 0.717) is 5.02 Å². The molecule has 16 heavy (non-hydrogen) atoms. The average molecular weight is 323 g/mol. The fourth-order valence-corrected chi connectivity index (χ4v) is 1.91. The number of benzene rings is 1. The Balaban J connectivity index is 2.85. The Kier molecular flexibility index (Phi) is 4.71. The maximum Gasteiger partial charge on any atom is 0.144 e. The minimum atomic E-state index is -1.23. The summed E-state index contributed by atoms with van der Waals surface area (Å²) >= 11 is 9.19. The van der Waals surface area contributed by atoms with Gasteiger partial charge in [0.2, 0.25) is 0 Å². The predicted octanol–water partition coefficient (Wildman–Crippen LogP) is 3.98. The minimum absolute atomic E-state index is 0.333. The van der Waals surface area contributed by atoms with Gasteiger partial charge in [-0.3, -0.25) is 0 Å². The zero-order valence-corrected chi connectivity index (χ0v) is 12.5. The Morgan fingerprint density at radius 1 is 1.44 bits per heavy atom. The molecule has 0 fully saturated rings. The lowest BCUT2D eigenvalue weighted by Gasteiger charge is -2.12. The van der Waals surface area contributed by atoms with E-state index in [0.717, 1.165) is 10.0 Å². The van der Waals surface area contributed by atoms with Crippen molar-refractivity contribution in [2.24, 2.45) is 4.40 Å². The zero-order chi connectivity index (χ0) is 12.3. The van der Waals surface area contributed by atoms with E-state index >= 15 is 0 Å². The van der Waals surface area contributed by atoms with E-state index in [-0.39, 0.29) is 4.75 Å². The summed E-state index contributed by atoms with van der Waals surface area (Å²) in [6.45, 7) is 5.66. The van der Waals surface area contributed by atoms with Gasteiger partial charge in [-0.1, -0.05) is 17.7 Å². The molecule has 0 bridgehead atoms. The van der Waals surface area contributed by atoms with Crippen molar-refractivity contribution in [3.05, 3.63) is 33.3 Å². The number of halogens is 2. The van der Waals surface area contributed by atoms with Crippen LogP contribution in [0.3, 0.4) is 0 Å². The molecule has 0 amide bonds. The maximum atomic E-state index is 11.7. The SMILES string of the molecule is CC(C)(C)S(=O)/N=C/c1ccc(Cl)c(Br)c1. The van der Waals surface area contributed by atoms with Gasteiger partial charge in [-0.05, 0) is 54.4 Å². The molecule has 0 aromatic heterocycles. The van der Waals surface area contributed by atoms with Crippen LogP contribution >= 0.6 is 27.5 Å². The van der Waals surface area contributed by atoms with E-state index in [1.807, 2.05) is 32.9 Å². The molecule has 0 saturated heterocycles. The lowest BCUT2D eigenvalue weighted by atomic mass is 10.2. The molecule has 0 spiro atoms. The van der Waals surface area contributed by atoms with Crippen molar-refractivity contribution in [2.45, 2.75) is 25.5 Å². The van der Waals surface area contributed by atoms with E-state index < -0.39 is 11.0 Å². The topological polar surface area (TPSA) is 29.4 Å². The summed E-state index contributed by atoms with van der Waals surface area (Å²) in [6, 6.07) is 5.44. The summed E-state index contributed by atoms with van der Waals surface area (Å²) < 4.78 is 16.2. The van der Waals surface area contributed by atoms with Crippen LogP contribution in [0.4, 0.5) is 0 Å². The highest BCUT2D eigenvalue weighted by Gasteiger charge is 2.18. The third-order valence-corrected chi connectivity index (χ3v) is 4.32. The molecule has 0 radical (unpaired) electrons. The number of hydrogen-bond donors (Lipinski definition) is 0. The average Bonchev–Trinajstić information content (AvgIpc) is 2.18. The van der Waals surface area contributed by atoms with Crippen LogP contribution in [-0.4, -0.2) is 15.2 Å². The summed E-state index contributed by atoms with van der Waals surface area (Å²) in [5, 5.41) is 0.647. The van der Waals surface area contributed by atoms with Gasteiger partial charge in [0.05, 0.1) is 9.77 Å². The first-order valence-electron chi connectivity index (χ1n) is 4.72. The van der Waals surface area contributed by atoms with Crippen LogP contribution < -0.4 is 0 Å². The molecule has 5 heteroatoms. The van der Waals surface area contributed by atoms with Gasteiger partial charge < -0.3 is 0 Å². The van der Waals surface area contributed by atoms with Crippen molar-refractivity contribution in [3.8, 4) is 0 Å². The molecule has 1 aromatic rings. The van der Waals surface area contributed by atoms with Gasteiger partial charge in [-0.2, -0.15) is 4.40 Å². The summed E-state index contributed by atoms with van der Waals surface area (Å²) in [7, 11) is -1.23. The highest BCUT2D eigenvalue weighted by atomic mass is 79.9. The van der Waals surface area contributed by atoms with E-state index in [1.54, 1.807) is 12.3 Å². The Labute approximate surface area is 112 Å². The second-order valence-electron chi connectivity index (χ2n) is 4.27. The molecule has 1 rings (SSSR count). The lowest BCUT2D eigenvalue weighted by molar-refractivity contribution is 0.651. The van der Waals surface area contributed by atoms with Crippen LogP contribution in [0.1, 0.15) is 26.3 Å². The van der Waals surface area contributed by atoms with Crippen LogP contribution in [0, 0.1) is 0 Å². The van der Waals surface area contributed by atoms with Crippen molar-refractivity contribution in [1.82, 2.24) is 0 Å². The molecular formula is C11H13BrClNOS. The Morgan fingerprint density at radius 3 is 2.56 bits per heavy atom. The molecule has 0 aliphatic rings. The monoisotopic (exact) mass is 321 g/mol. The predicted molar refractivity (Wildman–Crippen MR) is 74.6 cm³/mol. The summed E-state index contributed by atoms with van der Waals surface area (Å²) in [6.07, 6.45) is 1.60. The molecule has 1 atom stereocenters.